The molecule has 0 fully saturated rings. The Balaban J connectivity index is 1.31. The van der Waals surface area contributed by atoms with Gasteiger partial charge in [-0.2, -0.15) is 0 Å². The van der Waals surface area contributed by atoms with Crippen LogP contribution in [0.2, 0.25) is 0 Å². The summed E-state index contributed by atoms with van der Waals surface area (Å²) in [5.41, 5.74) is 5.37. The number of oxazole rings is 1. The standard InChI is InChI=1S/C40H24N4O/c1-4-12-25(13-5-1)37-42-38(26-14-6-2-7-15-26)44-39(43-37)28-20-21-30-29-18-10-11-19-31(29)35-32(33(30)24-28)22-23-34-36(35)41-40(45-34)27-16-8-3-9-17-27/h1-24H. The molecule has 210 valence electrons. The maximum Gasteiger partial charge on any atom is 0.227 e. The van der Waals surface area contributed by atoms with E-state index in [1.165, 1.54) is 0 Å². The molecule has 5 heteroatoms. The van der Waals surface area contributed by atoms with Crippen molar-refractivity contribution in [1.29, 1.82) is 0 Å². The summed E-state index contributed by atoms with van der Waals surface area (Å²) in [6.07, 6.45) is 0. The van der Waals surface area contributed by atoms with E-state index >= 15 is 0 Å². The van der Waals surface area contributed by atoms with Gasteiger partial charge in [0.15, 0.2) is 23.1 Å². The van der Waals surface area contributed by atoms with Crippen molar-refractivity contribution in [1.82, 2.24) is 19.9 Å². The first-order valence-electron chi connectivity index (χ1n) is 14.9. The van der Waals surface area contributed by atoms with Crippen LogP contribution in [0.1, 0.15) is 0 Å². The fourth-order valence-corrected chi connectivity index (χ4v) is 6.21. The molecule has 2 aromatic heterocycles. The van der Waals surface area contributed by atoms with Gasteiger partial charge in [0.2, 0.25) is 5.89 Å². The van der Waals surface area contributed by atoms with Crippen molar-refractivity contribution < 1.29 is 4.42 Å². The number of hydrogen-bond donors (Lipinski definition) is 0. The minimum absolute atomic E-state index is 0.614. The van der Waals surface area contributed by atoms with Crippen molar-refractivity contribution in [2.24, 2.45) is 0 Å². The topological polar surface area (TPSA) is 64.7 Å². The van der Waals surface area contributed by atoms with Crippen LogP contribution >= 0.6 is 0 Å². The molecule has 9 rings (SSSR count). The Bertz CT molecular complexity index is 2470. The molecule has 0 amide bonds. The largest absolute Gasteiger partial charge is 0.436 e. The zero-order chi connectivity index (χ0) is 29.7. The highest BCUT2D eigenvalue weighted by Gasteiger charge is 2.18. The van der Waals surface area contributed by atoms with Gasteiger partial charge in [0.25, 0.3) is 0 Å². The zero-order valence-corrected chi connectivity index (χ0v) is 24.1. The maximum atomic E-state index is 6.29. The second-order valence-electron chi connectivity index (χ2n) is 11.1. The van der Waals surface area contributed by atoms with Gasteiger partial charge in [-0.1, -0.05) is 115 Å². The Hall–Kier alpha value is -6.20. The number of fused-ring (bicyclic) bond motifs is 8. The predicted octanol–water partition coefficient (Wildman–Crippen LogP) is 10.1. The van der Waals surface area contributed by atoms with E-state index in [2.05, 4.69) is 48.5 Å². The van der Waals surface area contributed by atoms with Crippen LogP contribution in [0.25, 0.3) is 89.0 Å². The quantitative estimate of drug-likeness (QED) is 0.195. The second-order valence-corrected chi connectivity index (χ2v) is 11.1. The minimum atomic E-state index is 0.614. The van der Waals surface area contributed by atoms with Crippen molar-refractivity contribution in [2.45, 2.75) is 0 Å². The van der Waals surface area contributed by atoms with Crippen molar-refractivity contribution in [3.8, 4) is 45.6 Å². The third kappa shape index (κ3) is 4.25. The third-order valence-corrected chi connectivity index (χ3v) is 8.34. The molecule has 0 saturated carbocycles. The monoisotopic (exact) mass is 576 g/mol. The highest BCUT2D eigenvalue weighted by atomic mass is 16.3. The molecule has 0 bridgehead atoms. The van der Waals surface area contributed by atoms with Gasteiger partial charge in [-0.25, -0.2) is 19.9 Å². The summed E-state index contributed by atoms with van der Waals surface area (Å²) >= 11 is 0. The summed E-state index contributed by atoms with van der Waals surface area (Å²) in [6.45, 7) is 0. The lowest BCUT2D eigenvalue weighted by molar-refractivity contribution is 0.620. The maximum absolute atomic E-state index is 6.29. The van der Waals surface area contributed by atoms with Gasteiger partial charge in [-0.15, -0.1) is 0 Å². The molecule has 2 heterocycles. The van der Waals surface area contributed by atoms with Crippen molar-refractivity contribution in [3.05, 3.63) is 146 Å². The molecule has 9 aromatic rings. The summed E-state index contributed by atoms with van der Waals surface area (Å²) in [6, 6.07) is 49.4. The van der Waals surface area contributed by atoms with Crippen LogP contribution in [0.5, 0.6) is 0 Å². The van der Waals surface area contributed by atoms with Crippen LogP contribution in [0.15, 0.2) is 150 Å². The van der Waals surface area contributed by atoms with Gasteiger partial charge in [0, 0.05) is 27.6 Å². The van der Waals surface area contributed by atoms with Crippen molar-refractivity contribution in [2.75, 3.05) is 0 Å². The van der Waals surface area contributed by atoms with Gasteiger partial charge >= 0.3 is 0 Å². The van der Waals surface area contributed by atoms with Crippen molar-refractivity contribution in [3.63, 3.8) is 0 Å². The molecular weight excluding hydrogens is 552 g/mol. The molecule has 0 spiro atoms. The Labute approximate surface area is 258 Å². The number of hydrogen-bond acceptors (Lipinski definition) is 5. The summed E-state index contributed by atoms with van der Waals surface area (Å²) in [4.78, 5) is 19.9. The van der Waals surface area contributed by atoms with Crippen LogP contribution in [0.3, 0.4) is 0 Å². The molecule has 0 unspecified atom stereocenters. The average Bonchev–Trinajstić information content (AvgIpc) is 3.57. The summed E-state index contributed by atoms with van der Waals surface area (Å²) in [5, 5.41) is 6.75. The molecule has 0 aliphatic carbocycles. The fraction of sp³-hybridized carbons (Fsp3) is 0. The van der Waals surface area contributed by atoms with Gasteiger partial charge < -0.3 is 4.42 Å². The van der Waals surface area contributed by atoms with Crippen LogP contribution in [-0.2, 0) is 0 Å². The molecular formula is C40H24N4O. The summed E-state index contributed by atoms with van der Waals surface area (Å²) in [5.74, 6) is 2.52. The second kappa shape index (κ2) is 10.2. The first kappa shape index (κ1) is 25.3. The molecule has 0 aliphatic rings. The summed E-state index contributed by atoms with van der Waals surface area (Å²) in [7, 11) is 0. The average molecular weight is 577 g/mol. The third-order valence-electron chi connectivity index (χ3n) is 8.34. The van der Waals surface area contributed by atoms with Crippen LogP contribution in [-0.4, -0.2) is 19.9 Å². The lowest BCUT2D eigenvalue weighted by Crippen LogP contribution is -2.00. The van der Waals surface area contributed by atoms with Crippen LogP contribution in [0, 0.1) is 0 Å². The summed E-state index contributed by atoms with van der Waals surface area (Å²) < 4.78 is 6.29. The predicted molar refractivity (Wildman–Crippen MR) is 182 cm³/mol. The lowest BCUT2D eigenvalue weighted by Gasteiger charge is -2.13. The van der Waals surface area contributed by atoms with E-state index in [0.717, 1.165) is 65.7 Å². The minimum Gasteiger partial charge on any atom is -0.436 e. The van der Waals surface area contributed by atoms with E-state index in [9.17, 15) is 0 Å². The Morgan fingerprint density at radius 1 is 0.356 bits per heavy atom. The molecule has 0 aliphatic heterocycles. The highest BCUT2D eigenvalue weighted by Crippen LogP contribution is 2.41. The number of benzene rings is 7. The van der Waals surface area contributed by atoms with E-state index in [-0.39, 0.29) is 0 Å². The first-order valence-corrected chi connectivity index (χ1v) is 14.9. The molecule has 0 radical (unpaired) electrons. The first-order chi connectivity index (χ1) is 22.3. The molecule has 7 aromatic carbocycles. The van der Waals surface area contributed by atoms with Crippen molar-refractivity contribution >= 4 is 43.4 Å². The highest BCUT2D eigenvalue weighted by molar-refractivity contribution is 6.30. The van der Waals surface area contributed by atoms with Gasteiger partial charge in [-0.05, 0) is 57.3 Å². The van der Waals surface area contributed by atoms with Gasteiger partial charge in [0.1, 0.15) is 5.52 Å². The number of nitrogens with zero attached hydrogens (tertiary/aromatic N) is 4. The molecule has 45 heavy (non-hydrogen) atoms. The molecule has 0 N–H and O–H groups in total. The molecule has 5 nitrogen and oxygen atoms in total. The van der Waals surface area contributed by atoms with E-state index in [4.69, 9.17) is 24.4 Å². The van der Waals surface area contributed by atoms with E-state index in [1.807, 2.05) is 97.1 Å². The normalized spacial score (nSPS) is 11.6. The molecule has 0 saturated heterocycles. The smallest absolute Gasteiger partial charge is 0.227 e. The van der Waals surface area contributed by atoms with E-state index < -0.39 is 0 Å². The molecule has 0 atom stereocenters. The zero-order valence-electron chi connectivity index (χ0n) is 24.1. The number of rotatable bonds is 4. The Kier molecular flexibility index (Phi) is 5.74. The van der Waals surface area contributed by atoms with E-state index in [1.54, 1.807) is 0 Å². The lowest BCUT2D eigenvalue weighted by atomic mass is 9.92. The fourth-order valence-electron chi connectivity index (χ4n) is 6.21. The van der Waals surface area contributed by atoms with Crippen LogP contribution < -0.4 is 0 Å². The van der Waals surface area contributed by atoms with Crippen LogP contribution in [0.4, 0.5) is 0 Å². The Morgan fingerprint density at radius 3 is 1.49 bits per heavy atom. The van der Waals surface area contributed by atoms with E-state index in [0.29, 0.717) is 23.4 Å². The van der Waals surface area contributed by atoms with Gasteiger partial charge in [-0.3, -0.25) is 0 Å². The Morgan fingerprint density at radius 2 is 0.844 bits per heavy atom. The SMILES string of the molecule is c1ccc(-c2nc(-c3ccccc3)nc(-c3ccc4c5ccccc5c5c(ccc6oc(-c7ccccc7)nc65)c4c3)n2)cc1. The number of aromatic nitrogens is 4. The van der Waals surface area contributed by atoms with Gasteiger partial charge in [0.05, 0.1) is 0 Å².